The van der Waals surface area contributed by atoms with Crippen molar-refractivity contribution in [3.63, 3.8) is 0 Å². The Bertz CT molecular complexity index is 467. The van der Waals surface area contributed by atoms with Crippen molar-refractivity contribution in [1.82, 2.24) is 14.9 Å². The lowest BCUT2D eigenvalue weighted by molar-refractivity contribution is 0.491. The minimum atomic E-state index is 0.845. The molecule has 0 unspecified atom stereocenters. The van der Waals surface area contributed by atoms with Crippen LogP contribution in [-0.4, -0.2) is 28.5 Å². The average molecular weight is 295 g/mol. The largest absolute Gasteiger partial charge is 0.374 e. The van der Waals surface area contributed by atoms with Crippen molar-refractivity contribution in [2.75, 3.05) is 18.9 Å². The Labute approximate surface area is 110 Å². The van der Waals surface area contributed by atoms with Crippen molar-refractivity contribution < 1.29 is 0 Å². The summed E-state index contributed by atoms with van der Waals surface area (Å²) in [6.07, 6.45) is 6.74. The molecule has 1 aliphatic rings. The van der Waals surface area contributed by atoms with Crippen molar-refractivity contribution in [3.8, 4) is 0 Å². The quantitative estimate of drug-likeness (QED) is 0.930. The van der Waals surface area contributed by atoms with Gasteiger partial charge in [-0.25, -0.2) is 9.97 Å². The first-order valence-electron chi connectivity index (χ1n) is 5.54. The molecule has 0 radical (unpaired) electrons. The molecule has 17 heavy (non-hydrogen) atoms. The molecule has 1 aromatic heterocycles. The van der Waals surface area contributed by atoms with Crippen LogP contribution >= 0.6 is 15.9 Å². The van der Waals surface area contributed by atoms with Crippen LogP contribution in [0.2, 0.25) is 0 Å². The zero-order valence-electron chi connectivity index (χ0n) is 9.94. The smallest absolute Gasteiger partial charge is 0.133 e. The van der Waals surface area contributed by atoms with E-state index < -0.39 is 0 Å². The summed E-state index contributed by atoms with van der Waals surface area (Å²) in [6.45, 7) is 2.90. The van der Waals surface area contributed by atoms with Gasteiger partial charge in [0.25, 0.3) is 0 Å². The van der Waals surface area contributed by atoms with Crippen LogP contribution < -0.4 is 5.32 Å². The summed E-state index contributed by atoms with van der Waals surface area (Å²) in [5.74, 6) is 1.70. The molecule has 0 atom stereocenters. The van der Waals surface area contributed by atoms with Crippen molar-refractivity contribution in [2.45, 2.75) is 13.3 Å². The van der Waals surface area contributed by atoms with E-state index in [0.29, 0.717) is 0 Å². The molecule has 1 aliphatic heterocycles. The zero-order valence-corrected chi connectivity index (χ0v) is 11.5. The van der Waals surface area contributed by atoms with Gasteiger partial charge in [-0.05, 0) is 28.1 Å². The molecule has 90 valence electrons. The maximum absolute atomic E-state index is 4.42. The summed E-state index contributed by atoms with van der Waals surface area (Å²) in [5, 5.41) is 3.31. The van der Waals surface area contributed by atoms with Gasteiger partial charge in [-0.1, -0.05) is 6.92 Å². The van der Waals surface area contributed by atoms with Crippen LogP contribution in [0.3, 0.4) is 0 Å². The molecule has 5 heteroatoms. The van der Waals surface area contributed by atoms with Crippen LogP contribution in [0.4, 0.5) is 5.82 Å². The normalized spacial score (nSPS) is 15.4. The topological polar surface area (TPSA) is 41.1 Å². The Morgan fingerprint density at radius 3 is 3.06 bits per heavy atom. The van der Waals surface area contributed by atoms with Crippen LogP contribution in [0, 0.1) is 0 Å². The molecule has 0 spiro atoms. The molecule has 1 aromatic rings. The number of halogens is 1. The molecule has 0 saturated carbocycles. The number of allylic oxidation sites excluding steroid dienone is 2. The first kappa shape index (κ1) is 12.1. The highest BCUT2D eigenvalue weighted by molar-refractivity contribution is 9.11. The number of aryl methyl sites for hydroxylation is 1. The third-order valence-corrected chi connectivity index (χ3v) is 2.82. The summed E-state index contributed by atoms with van der Waals surface area (Å²) in [4.78, 5) is 10.7. The zero-order chi connectivity index (χ0) is 12.3. The van der Waals surface area contributed by atoms with E-state index in [2.05, 4.69) is 42.2 Å². The maximum atomic E-state index is 4.42. The first-order valence-corrected chi connectivity index (χ1v) is 6.33. The number of hydrogen-bond acceptors (Lipinski definition) is 4. The van der Waals surface area contributed by atoms with E-state index in [4.69, 9.17) is 0 Å². The van der Waals surface area contributed by atoms with E-state index in [9.17, 15) is 0 Å². The fourth-order valence-corrected chi connectivity index (χ4v) is 2.28. The van der Waals surface area contributed by atoms with Gasteiger partial charge >= 0.3 is 0 Å². The molecule has 0 bridgehead atoms. The van der Waals surface area contributed by atoms with Crippen LogP contribution in [0.15, 0.2) is 34.7 Å². The Morgan fingerprint density at radius 1 is 1.53 bits per heavy atom. The van der Waals surface area contributed by atoms with Crippen LogP contribution in [0.1, 0.15) is 12.7 Å². The van der Waals surface area contributed by atoms with E-state index in [1.54, 1.807) is 6.20 Å². The fourth-order valence-electron chi connectivity index (χ4n) is 1.65. The number of hydrogen-bond donors (Lipinski definition) is 1. The molecule has 0 aliphatic carbocycles. The highest BCUT2D eigenvalue weighted by Gasteiger charge is 2.08. The summed E-state index contributed by atoms with van der Waals surface area (Å²) < 4.78 is 1.05. The lowest BCUT2D eigenvalue weighted by atomic mass is 10.3. The van der Waals surface area contributed by atoms with Gasteiger partial charge in [0.15, 0.2) is 0 Å². The second-order valence-electron chi connectivity index (χ2n) is 3.94. The summed E-state index contributed by atoms with van der Waals surface area (Å²) in [6, 6.07) is 1.88. The number of likely N-dealkylation sites (N-methyl/N-ethyl adjacent to an activating group) is 1. The van der Waals surface area contributed by atoms with E-state index in [0.717, 1.165) is 34.8 Å². The highest BCUT2D eigenvalue weighted by atomic mass is 79.9. The lowest BCUT2D eigenvalue weighted by Crippen LogP contribution is -2.22. The van der Waals surface area contributed by atoms with E-state index >= 15 is 0 Å². The van der Waals surface area contributed by atoms with Crippen molar-refractivity contribution in [1.29, 1.82) is 0 Å². The standard InChI is InChI=1S/C12H15BrN4/c1-3-11-14-5-4-12(16-11)15-10-6-9(13)7-17(2)8-10/h4-7H,3,8H2,1-2H3,(H,14,15,16). The lowest BCUT2D eigenvalue weighted by Gasteiger charge is -2.22. The number of rotatable bonds is 3. The van der Waals surface area contributed by atoms with E-state index in [1.165, 1.54) is 0 Å². The number of nitrogens with zero attached hydrogens (tertiary/aromatic N) is 3. The molecule has 2 heterocycles. The minimum absolute atomic E-state index is 0.845. The van der Waals surface area contributed by atoms with Crippen LogP contribution in [0.5, 0.6) is 0 Å². The third-order valence-electron chi connectivity index (χ3n) is 2.39. The third kappa shape index (κ3) is 3.30. The van der Waals surface area contributed by atoms with Gasteiger partial charge < -0.3 is 10.2 Å². The molecule has 0 saturated heterocycles. The summed E-state index contributed by atoms with van der Waals surface area (Å²) in [7, 11) is 2.04. The Hall–Kier alpha value is -1.36. The molecule has 0 fully saturated rings. The monoisotopic (exact) mass is 294 g/mol. The van der Waals surface area contributed by atoms with Crippen LogP contribution in [-0.2, 0) is 6.42 Å². The van der Waals surface area contributed by atoms with Gasteiger partial charge in [-0.15, -0.1) is 0 Å². The van der Waals surface area contributed by atoms with Crippen molar-refractivity contribution in [2.24, 2.45) is 0 Å². The van der Waals surface area contributed by atoms with Gasteiger partial charge in [-0.3, -0.25) is 0 Å². The number of aromatic nitrogens is 2. The molecule has 4 nitrogen and oxygen atoms in total. The molecular weight excluding hydrogens is 280 g/mol. The van der Waals surface area contributed by atoms with Gasteiger partial charge in [0, 0.05) is 36.0 Å². The maximum Gasteiger partial charge on any atom is 0.133 e. The van der Waals surface area contributed by atoms with Gasteiger partial charge in [0.2, 0.25) is 0 Å². The Morgan fingerprint density at radius 2 is 2.35 bits per heavy atom. The van der Waals surface area contributed by atoms with Crippen molar-refractivity contribution >= 4 is 21.7 Å². The van der Waals surface area contributed by atoms with Gasteiger partial charge in [0.05, 0.1) is 6.54 Å². The SMILES string of the molecule is CCc1nccc(NC2=CC(Br)=CN(C)C2)n1. The number of anilines is 1. The predicted molar refractivity (Wildman–Crippen MR) is 72.8 cm³/mol. The summed E-state index contributed by atoms with van der Waals surface area (Å²) >= 11 is 3.48. The average Bonchev–Trinajstić information content (AvgIpc) is 2.28. The molecule has 0 amide bonds. The highest BCUT2D eigenvalue weighted by Crippen LogP contribution is 2.18. The molecule has 2 rings (SSSR count). The van der Waals surface area contributed by atoms with Gasteiger partial charge in [-0.2, -0.15) is 0 Å². The minimum Gasteiger partial charge on any atom is -0.374 e. The molecule has 1 N–H and O–H groups in total. The molecule has 0 aromatic carbocycles. The van der Waals surface area contributed by atoms with Gasteiger partial charge in [0.1, 0.15) is 11.6 Å². The summed E-state index contributed by atoms with van der Waals surface area (Å²) in [5.41, 5.74) is 1.11. The van der Waals surface area contributed by atoms with E-state index in [-0.39, 0.29) is 0 Å². The first-order chi connectivity index (χ1) is 8.17. The second kappa shape index (κ2) is 5.31. The Balaban J connectivity index is 2.13. The molecular formula is C12H15BrN4. The second-order valence-corrected chi connectivity index (χ2v) is 4.85. The fraction of sp³-hybridized carbons (Fsp3) is 0.333. The Kier molecular flexibility index (Phi) is 3.78. The predicted octanol–water partition coefficient (Wildman–Crippen LogP) is 2.52. The van der Waals surface area contributed by atoms with E-state index in [1.807, 2.05) is 26.2 Å². The number of nitrogens with one attached hydrogen (secondary N) is 1. The van der Waals surface area contributed by atoms with Crippen molar-refractivity contribution in [3.05, 3.63) is 40.5 Å². The van der Waals surface area contributed by atoms with Crippen LogP contribution in [0.25, 0.3) is 0 Å².